The normalized spacial score (nSPS) is 15.3. The van der Waals surface area contributed by atoms with Gasteiger partial charge in [-0.2, -0.15) is 13.2 Å². The van der Waals surface area contributed by atoms with Crippen molar-refractivity contribution in [1.29, 1.82) is 0 Å². The van der Waals surface area contributed by atoms with Crippen LogP contribution < -0.4 is 5.32 Å². The van der Waals surface area contributed by atoms with Crippen molar-refractivity contribution in [3.05, 3.63) is 83.9 Å². The second kappa shape index (κ2) is 11.0. The van der Waals surface area contributed by atoms with Crippen LogP contribution in [0.25, 0.3) is 0 Å². The van der Waals surface area contributed by atoms with E-state index in [0.29, 0.717) is 0 Å². The van der Waals surface area contributed by atoms with Crippen molar-refractivity contribution in [2.75, 3.05) is 13.7 Å². The van der Waals surface area contributed by atoms with Gasteiger partial charge in [0.15, 0.2) is 0 Å². The summed E-state index contributed by atoms with van der Waals surface area (Å²) in [6.45, 7) is 2.53. The fourth-order valence-electron chi connectivity index (χ4n) is 3.19. The average Bonchev–Trinajstić information content (AvgIpc) is 2.78. The monoisotopic (exact) mass is 465 g/mol. The fourth-order valence-corrected chi connectivity index (χ4v) is 3.19. The van der Waals surface area contributed by atoms with Crippen molar-refractivity contribution >= 4 is 12.1 Å². The highest BCUT2D eigenvalue weighted by Crippen LogP contribution is 2.43. The lowest BCUT2D eigenvalue weighted by molar-refractivity contribution is -0.276. The summed E-state index contributed by atoms with van der Waals surface area (Å²) < 4.78 is 57.0. The van der Waals surface area contributed by atoms with Gasteiger partial charge in [-0.05, 0) is 19.4 Å². The summed E-state index contributed by atoms with van der Waals surface area (Å²) in [6, 6.07) is 15.4. The standard InChI is InChI=1S/C24H26F3NO5/c1-4-15-22(2,28-21(30)32-16-18-11-7-5-8-12-18)17-33-20(29)23(31-3,24(25,26)27)19-13-9-6-10-14-19/h4-15H,16-17H2,1-3H3,(H,28,30)/b15-4+/t22-,23+/m1/s1. The molecule has 0 heterocycles. The zero-order valence-electron chi connectivity index (χ0n) is 18.5. The highest BCUT2D eigenvalue weighted by atomic mass is 19.4. The molecule has 0 unspecified atom stereocenters. The number of methoxy groups -OCH3 is 1. The summed E-state index contributed by atoms with van der Waals surface area (Å²) in [5.41, 5.74) is -4.32. The van der Waals surface area contributed by atoms with E-state index in [2.05, 4.69) is 5.32 Å². The summed E-state index contributed by atoms with van der Waals surface area (Å²) in [6.07, 6.45) is -2.88. The Morgan fingerprint density at radius 2 is 1.55 bits per heavy atom. The van der Waals surface area contributed by atoms with Gasteiger partial charge in [-0.3, -0.25) is 0 Å². The first kappa shape index (κ1) is 25.9. The number of allylic oxidation sites excluding steroid dienone is 1. The van der Waals surface area contributed by atoms with E-state index in [4.69, 9.17) is 14.2 Å². The number of alkyl halides is 3. The van der Waals surface area contributed by atoms with Gasteiger partial charge in [-0.15, -0.1) is 0 Å². The third-order valence-electron chi connectivity index (χ3n) is 4.81. The number of benzene rings is 2. The maximum absolute atomic E-state index is 14.0. The SMILES string of the molecule is C/C=C/[C@](C)(COC(=O)[C@@](OC)(c1ccccc1)C(F)(F)F)NC(=O)OCc1ccccc1. The van der Waals surface area contributed by atoms with Gasteiger partial charge in [-0.1, -0.05) is 72.8 Å². The first-order chi connectivity index (χ1) is 15.6. The number of nitrogens with one attached hydrogen (secondary N) is 1. The van der Waals surface area contributed by atoms with E-state index < -0.39 is 41.5 Å². The number of hydrogen-bond donors (Lipinski definition) is 1. The smallest absolute Gasteiger partial charge is 0.432 e. The zero-order chi connectivity index (χ0) is 24.5. The molecule has 0 saturated carbocycles. The predicted molar refractivity (Wildman–Crippen MR) is 115 cm³/mol. The highest BCUT2D eigenvalue weighted by molar-refractivity contribution is 5.82. The molecule has 0 spiro atoms. The Hall–Kier alpha value is -3.33. The summed E-state index contributed by atoms with van der Waals surface area (Å²) in [4.78, 5) is 25.0. The van der Waals surface area contributed by atoms with Crippen molar-refractivity contribution in [2.24, 2.45) is 0 Å². The third kappa shape index (κ3) is 6.35. The first-order valence-electron chi connectivity index (χ1n) is 10.1. The average molecular weight is 465 g/mol. The van der Waals surface area contributed by atoms with Crippen LogP contribution >= 0.6 is 0 Å². The van der Waals surface area contributed by atoms with Crippen molar-refractivity contribution in [3.63, 3.8) is 0 Å². The fraction of sp³-hybridized carbons (Fsp3) is 0.333. The Morgan fingerprint density at radius 1 is 0.970 bits per heavy atom. The van der Waals surface area contributed by atoms with E-state index >= 15 is 0 Å². The van der Waals surface area contributed by atoms with E-state index in [9.17, 15) is 22.8 Å². The first-order valence-corrected chi connectivity index (χ1v) is 10.1. The Bertz CT molecular complexity index is 950. The lowest BCUT2D eigenvalue weighted by atomic mass is 9.92. The minimum absolute atomic E-state index is 0.00670. The molecule has 1 amide bonds. The van der Waals surface area contributed by atoms with Crippen LogP contribution in [0.3, 0.4) is 0 Å². The third-order valence-corrected chi connectivity index (χ3v) is 4.81. The second-order valence-electron chi connectivity index (χ2n) is 7.43. The van der Waals surface area contributed by atoms with Crippen molar-refractivity contribution < 1.29 is 37.0 Å². The maximum Gasteiger partial charge on any atom is 0.432 e. The van der Waals surface area contributed by atoms with E-state index in [-0.39, 0.29) is 6.61 Å². The van der Waals surface area contributed by atoms with E-state index in [0.717, 1.165) is 24.8 Å². The summed E-state index contributed by atoms with van der Waals surface area (Å²) >= 11 is 0. The molecule has 0 radical (unpaired) electrons. The molecule has 0 aliphatic heterocycles. The van der Waals surface area contributed by atoms with Crippen molar-refractivity contribution in [2.45, 2.75) is 37.8 Å². The van der Waals surface area contributed by atoms with Gasteiger partial charge in [0.25, 0.3) is 5.60 Å². The summed E-state index contributed by atoms with van der Waals surface area (Å²) in [5, 5.41) is 2.52. The molecule has 2 aromatic carbocycles. The molecule has 6 nitrogen and oxygen atoms in total. The number of hydrogen-bond acceptors (Lipinski definition) is 5. The molecule has 1 N–H and O–H groups in total. The number of ether oxygens (including phenoxy) is 3. The van der Waals surface area contributed by atoms with Crippen molar-refractivity contribution in [3.8, 4) is 0 Å². The number of carbonyl (C=O) groups is 2. The molecular weight excluding hydrogens is 439 g/mol. The zero-order valence-corrected chi connectivity index (χ0v) is 18.5. The van der Waals surface area contributed by atoms with Crippen LogP contribution in [0.1, 0.15) is 25.0 Å². The molecule has 0 aromatic heterocycles. The number of amides is 1. The quantitative estimate of drug-likeness (QED) is 0.422. The van der Waals surface area contributed by atoms with E-state index in [1.807, 2.05) is 6.07 Å². The topological polar surface area (TPSA) is 73.9 Å². The van der Waals surface area contributed by atoms with Gasteiger partial charge < -0.3 is 19.5 Å². The van der Waals surface area contributed by atoms with Gasteiger partial charge in [0, 0.05) is 12.7 Å². The number of esters is 1. The Kier molecular flexibility index (Phi) is 8.64. The summed E-state index contributed by atoms with van der Waals surface area (Å²) in [5.74, 6) is -1.65. The molecular formula is C24H26F3NO5. The van der Waals surface area contributed by atoms with E-state index in [1.165, 1.54) is 31.2 Å². The van der Waals surface area contributed by atoms with Crippen LogP contribution in [-0.2, 0) is 31.2 Å². The molecule has 0 bridgehead atoms. The van der Waals surface area contributed by atoms with Crippen LogP contribution in [-0.4, -0.2) is 37.5 Å². The largest absolute Gasteiger partial charge is 0.460 e. The molecule has 0 aliphatic rings. The highest BCUT2D eigenvalue weighted by Gasteiger charge is 2.64. The summed E-state index contributed by atoms with van der Waals surface area (Å²) in [7, 11) is 0.784. The lowest BCUT2D eigenvalue weighted by Gasteiger charge is -2.34. The van der Waals surface area contributed by atoms with Gasteiger partial charge in [0.2, 0.25) is 0 Å². The van der Waals surface area contributed by atoms with E-state index in [1.54, 1.807) is 37.3 Å². The van der Waals surface area contributed by atoms with Crippen LogP contribution in [0, 0.1) is 0 Å². The van der Waals surface area contributed by atoms with Gasteiger partial charge >= 0.3 is 18.2 Å². The van der Waals surface area contributed by atoms with Gasteiger partial charge in [-0.25, -0.2) is 9.59 Å². The van der Waals surface area contributed by atoms with Crippen LogP contribution in [0.2, 0.25) is 0 Å². The second-order valence-corrected chi connectivity index (χ2v) is 7.43. The molecule has 0 fully saturated rings. The van der Waals surface area contributed by atoms with Crippen LogP contribution in [0.15, 0.2) is 72.8 Å². The Morgan fingerprint density at radius 3 is 2.06 bits per heavy atom. The number of alkyl carbamates (subject to hydrolysis) is 1. The lowest BCUT2D eigenvalue weighted by Crippen LogP contribution is -2.54. The minimum atomic E-state index is -5.10. The van der Waals surface area contributed by atoms with Gasteiger partial charge in [0.1, 0.15) is 13.2 Å². The Labute approximate surface area is 190 Å². The molecule has 0 saturated heterocycles. The molecule has 2 atom stereocenters. The molecule has 2 aromatic rings. The minimum Gasteiger partial charge on any atom is -0.460 e. The van der Waals surface area contributed by atoms with Crippen LogP contribution in [0.5, 0.6) is 0 Å². The predicted octanol–water partition coefficient (Wildman–Crippen LogP) is 4.90. The number of carbonyl (C=O) groups excluding carboxylic acids is 2. The maximum atomic E-state index is 14.0. The molecule has 0 aliphatic carbocycles. The number of halogens is 3. The molecule has 178 valence electrons. The van der Waals surface area contributed by atoms with Crippen molar-refractivity contribution in [1.82, 2.24) is 5.32 Å². The Balaban J connectivity index is 2.15. The molecule has 33 heavy (non-hydrogen) atoms. The van der Waals surface area contributed by atoms with Crippen LogP contribution in [0.4, 0.5) is 18.0 Å². The van der Waals surface area contributed by atoms with Gasteiger partial charge in [0.05, 0.1) is 5.54 Å². The molecule has 2 rings (SSSR count). The number of rotatable bonds is 9. The molecule has 9 heteroatoms.